The minimum atomic E-state index is -0.741. The van der Waals surface area contributed by atoms with Crippen LogP contribution in [-0.2, 0) is 11.3 Å². The Kier molecular flexibility index (Phi) is 6.85. The van der Waals surface area contributed by atoms with Crippen molar-refractivity contribution in [2.45, 2.75) is 25.9 Å². The molecular formula is C24H24ClFN4O4. The number of halogens is 2. The highest BCUT2D eigenvalue weighted by atomic mass is 35.5. The minimum Gasteiger partial charge on any atom is -0.425 e. The first-order valence-electron chi connectivity index (χ1n) is 10.8. The number of likely N-dealkylation sites (N-methyl/N-ethyl adjacent to an activating group) is 1. The van der Waals surface area contributed by atoms with Gasteiger partial charge in [-0.25, -0.2) is 4.39 Å². The molecular weight excluding hydrogens is 463 g/mol. The van der Waals surface area contributed by atoms with Gasteiger partial charge in [0, 0.05) is 31.3 Å². The summed E-state index contributed by atoms with van der Waals surface area (Å²) in [6, 6.07) is 11.9. The van der Waals surface area contributed by atoms with Crippen molar-refractivity contribution >= 4 is 29.2 Å². The van der Waals surface area contributed by atoms with E-state index < -0.39 is 17.8 Å². The van der Waals surface area contributed by atoms with E-state index in [1.807, 2.05) is 12.1 Å². The SMILES string of the molecule is CC1C(=O)N(C)c2nc(Oc3cccc(F)c3)n(Cc3ccc(Cl)cc3)c2C(=O)N1CCCO. The van der Waals surface area contributed by atoms with Crippen LogP contribution in [0.4, 0.5) is 10.2 Å². The zero-order valence-electron chi connectivity index (χ0n) is 18.7. The van der Waals surface area contributed by atoms with Gasteiger partial charge in [-0.1, -0.05) is 29.8 Å². The van der Waals surface area contributed by atoms with Gasteiger partial charge in [0.05, 0.1) is 6.54 Å². The van der Waals surface area contributed by atoms with Gasteiger partial charge in [-0.15, -0.1) is 0 Å². The molecule has 0 fully saturated rings. The molecule has 2 heterocycles. The predicted molar refractivity (Wildman–Crippen MR) is 125 cm³/mol. The Hall–Kier alpha value is -3.43. The lowest BCUT2D eigenvalue weighted by atomic mass is 10.2. The molecule has 1 aliphatic rings. The summed E-state index contributed by atoms with van der Waals surface area (Å²) in [5, 5.41) is 9.87. The van der Waals surface area contributed by atoms with Crippen molar-refractivity contribution in [3.63, 3.8) is 0 Å². The molecule has 0 bridgehead atoms. The molecule has 0 saturated heterocycles. The largest absolute Gasteiger partial charge is 0.425 e. The standard InChI is InChI=1S/C24H24ClFN4O4/c1-15-22(32)28(2)21-20(23(33)29(15)11-4-12-31)30(14-16-7-9-17(25)10-8-16)24(27-21)34-19-6-3-5-18(26)13-19/h3,5-10,13,15,31H,4,11-12,14H2,1-2H3. The summed E-state index contributed by atoms with van der Waals surface area (Å²) in [5.41, 5.74) is 0.981. The van der Waals surface area contributed by atoms with Crippen LogP contribution in [0.15, 0.2) is 48.5 Å². The number of aromatic nitrogens is 2. The number of carbonyl (C=O) groups excluding carboxylic acids is 2. The summed E-state index contributed by atoms with van der Waals surface area (Å²) in [7, 11) is 1.55. The van der Waals surface area contributed by atoms with Gasteiger partial charge in [0.25, 0.3) is 5.91 Å². The second kappa shape index (κ2) is 9.82. The molecule has 0 radical (unpaired) electrons. The number of rotatable bonds is 7. The van der Waals surface area contributed by atoms with E-state index in [0.29, 0.717) is 11.4 Å². The number of nitrogens with zero attached hydrogens (tertiary/aromatic N) is 4. The average molecular weight is 487 g/mol. The molecule has 1 N–H and O–H groups in total. The maximum Gasteiger partial charge on any atom is 0.304 e. The number of aliphatic hydroxyl groups excluding tert-OH is 1. The van der Waals surface area contributed by atoms with Crippen LogP contribution in [0.3, 0.4) is 0 Å². The first kappa shape index (κ1) is 23.7. The molecule has 178 valence electrons. The van der Waals surface area contributed by atoms with Gasteiger partial charge in [0.15, 0.2) is 11.5 Å². The number of imidazole rings is 1. The molecule has 34 heavy (non-hydrogen) atoms. The fourth-order valence-electron chi connectivity index (χ4n) is 3.86. The lowest BCUT2D eigenvalue weighted by Gasteiger charge is -2.27. The van der Waals surface area contributed by atoms with Crippen LogP contribution in [0.5, 0.6) is 11.8 Å². The lowest BCUT2D eigenvalue weighted by Crippen LogP contribution is -2.46. The van der Waals surface area contributed by atoms with Crippen molar-refractivity contribution in [1.82, 2.24) is 14.5 Å². The fourth-order valence-corrected chi connectivity index (χ4v) is 3.99. The van der Waals surface area contributed by atoms with Crippen LogP contribution in [0.25, 0.3) is 0 Å². The van der Waals surface area contributed by atoms with Crippen LogP contribution < -0.4 is 9.64 Å². The molecule has 0 spiro atoms. The number of benzene rings is 2. The number of carbonyl (C=O) groups is 2. The van der Waals surface area contributed by atoms with Crippen LogP contribution in [0, 0.1) is 5.82 Å². The summed E-state index contributed by atoms with van der Waals surface area (Å²) < 4.78 is 21.2. The number of hydrogen-bond donors (Lipinski definition) is 1. The number of anilines is 1. The van der Waals surface area contributed by atoms with Crippen LogP contribution >= 0.6 is 11.6 Å². The first-order valence-corrected chi connectivity index (χ1v) is 11.2. The lowest BCUT2D eigenvalue weighted by molar-refractivity contribution is -0.122. The Labute approximate surface area is 201 Å². The molecule has 4 rings (SSSR count). The number of amides is 2. The molecule has 1 aliphatic heterocycles. The molecule has 1 aromatic heterocycles. The van der Waals surface area contributed by atoms with Gasteiger partial charge in [-0.05, 0) is 43.2 Å². The monoisotopic (exact) mass is 486 g/mol. The highest BCUT2D eigenvalue weighted by molar-refractivity contribution is 6.30. The molecule has 8 nitrogen and oxygen atoms in total. The van der Waals surface area contributed by atoms with Crippen molar-refractivity contribution in [2.75, 3.05) is 25.1 Å². The van der Waals surface area contributed by atoms with E-state index in [-0.39, 0.29) is 48.9 Å². The van der Waals surface area contributed by atoms with Gasteiger partial charge < -0.3 is 14.7 Å². The Morgan fingerprint density at radius 1 is 1.18 bits per heavy atom. The zero-order valence-corrected chi connectivity index (χ0v) is 19.5. The second-order valence-corrected chi connectivity index (χ2v) is 8.42. The van der Waals surface area contributed by atoms with Gasteiger partial charge in [-0.3, -0.25) is 19.1 Å². The van der Waals surface area contributed by atoms with E-state index in [2.05, 4.69) is 4.98 Å². The Morgan fingerprint density at radius 2 is 1.91 bits per heavy atom. The summed E-state index contributed by atoms with van der Waals surface area (Å²) in [4.78, 5) is 34.0. The van der Waals surface area contributed by atoms with Gasteiger partial charge in [0.1, 0.15) is 17.6 Å². The van der Waals surface area contributed by atoms with Crippen molar-refractivity contribution in [3.8, 4) is 11.8 Å². The van der Waals surface area contributed by atoms with Gasteiger partial charge >= 0.3 is 6.01 Å². The average Bonchev–Trinajstić information content (AvgIpc) is 3.14. The van der Waals surface area contributed by atoms with E-state index in [1.54, 1.807) is 36.7 Å². The van der Waals surface area contributed by atoms with E-state index in [4.69, 9.17) is 16.3 Å². The van der Waals surface area contributed by atoms with Crippen LogP contribution in [-0.4, -0.2) is 57.6 Å². The van der Waals surface area contributed by atoms with Gasteiger partial charge in [0.2, 0.25) is 5.91 Å². The molecule has 0 aliphatic carbocycles. The normalized spacial score (nSPS) is 16.0. The van der Waals surface area contributed by atoms with Gasteiger partial charge in [-0.2, -0.15) is 4.98 Å². The summed E-state index contributed by atoms with van der Waals surface area (Å²) >= 11 is 6.02. The number of ether oxygens (including phenoxy) is 1. The third kappa shape index (κ3) is 4.62. The van der Waals surface area contributed by atoms with E-state index in [0.717, 1.165) is 5.56 Å². The first-order chi connectivity index (χ1) is 16.3. The van der Waals surface area contributed by atoms with Crippen LogP contribution in [0.1, 0.15) is 29.4 Å². The highest BCUT2D eigenvalue weighted by Crippen LogP contribution is 2.34. The quantitative estimate of drug-likeness (QED) is 0.550. The van der Waals surface area contributed by atoms with Crippen molar-refractivity contribution in [2.24, 2.45) is 0 Å². The molecule has 1 atom stereocenters. The summed E-state index contributed by atoms with van der Waals surface area (Å²) in [6.45, 7) is 1.92. The molecule has 10 heteroatoms. The van der Waals surface area contributed by atoms with E-state index in [1.165, 1.54) is 28.0 Å². The van der Waals surface area contributed by atoms with Crippen molar-refractivity contribution in [1.29, 1.82) is 0 Å². The smallest absolute Gasteiger partial charge is 0.304 e. The minimum absolute atomic E-state index is 0.0372. The number of aliphatic hydroxyl groups is 1. The molecule has 2 aromatic carbocycles. The molecule has 3 aromatic rings. The summed E-state index contributed by atoms with van der Waals surface area (Å²) in [6.07, 6.45) is 0.320. The third-order valence-electron chi connectivity index (χ3n) is 5.67. The maximum atomic E-state index is 13.8. The second-order valence-electron chi connectivity index (χ2n) is 7.99. The Morgan fingerprint density at radius 3 is 2.59 bits per heavy atom. The molecule has 0 saturated carbocycles. The zero-order chi connectivity index (χ0) is 24.4. The fraction of sp³-hybridized carbons (Fsp3) is 0.292. The van der Waals surface area contributed by atoms with E-state index in [9.17, 15) is 19.1 Å². The summed E-state index contributed by atoms with van der Waals surface area (Å²) in [5.74, 6) is -0.872. The predicted octanol–water partition coefficient (Wildman–Crippen LogP) is 3.71. The van der Waals surface area contributed by atoms with E-state index >= 15 is 0 Å². The maximum absolute atomic E-state index is 13.8. The van der Waals surface area contributed by atoms with Crippen LogP contribution in [0.2, 0.25) is 5.02 Å². The Balaban J connectivity index is 1.85. The third-order valence-corrected chi connectivity index (χ3v) is 5.92. The number of fused-ring (bicyclic) bond motifs is 1. The Bertz CT molecular complexity index is 1210. The highest BCUT2D eigenvalue weighted by Gasteiger charge is 2.40. The topological polar surface area (TPSA) is 87.9 Å². The van der Waals surface area contributed by atoms with Crippen molar-refractivity contribution in [3.05, 3.63) is 70.6 Å². The van der Waals surface area contributed by atoms with Crippen molar-refractivity contribution < 1.29 is 23.8 Å². The molecule has 1 unspecified atom stereocenters. The number of hydrogen-bond acceptors (Lipinski definition) is 5. The molecule has 2 amide bonds.